The number of hydrogen-bond donors (Lipinski definition) is 1. The molecule has 24 heavy (non-hydrogen) atoms. The third-order valence-electron chi connectivity index (χ3n) is 4.11. The summed E-state index contributed by atoms with van der Waals surface area (Å²) >= 11 is 0. The minimum atomic E-state index is -0.0668. The highest BCUT2D eigenvalue weighted by Gasteiger charge is 2.19. The summed E-state index contributed by atoms with van der Waals surface area (Å²) in [4.78, 5) is 18.8. The number of carbonyl (C=O) groups is 1. The van der Waals surface area contributed by atoms with Crippen LogP contribution < -0.4 is 5.32 Å². The normalized spacial score (nSPS) is 18.5. The Hall–Kier alpha value is -2.18. The van der Waals surface area contributed by atoms with E-state index in [-0.39, 0.29) is 18.4 Å². The van der Waals surface area contributed by atoms with Crippen LogP contribution in [0.25, 0.3) is 11.5 Å². The Morgan fingerprint density at radius 1 is 1.38 bits per heavy atom. The molecule has 2 aromatic rings. The summed E-state index contributed by atoms with van der Waals surface area (Å²) in [6.45, 7) is 4.83. The van der Waals surface area contributed by atoms with E-state index >= 15 is 0 Å². The molecule has 1 aliphatic rings. The molecular formula is C18H23N3O3. The highest BCUT2D eigenvalue weighted by molar-refractivity contribution is 5.78. The van der Waals surface area contributed by atoms with Crippen molar-refractivity contribution in [2.24, 2.45) is 0 Å². The van der Waals surface area contributed by atoms with Gasteiger partial charge in [-0.05, 0) is 26.1 Å². The molecule has 1 unspecified atom stereocenters. The summed E-state index contributed by atoms with van der Waals surface area (Å²) in [6, 6.07) is 9.68. The quantitative estimate of drug-likeness (QED) is 0.903. The number of amides is 1. The number of rotatable bonds is 5. The molecule has 0 aliphatic carbocycles. The van der Waals surface area contributed by atoms with Crippen molar-refractivity contribution in [3.05, 3.63) is 41.8 Å². The van der Waals surface area contributed by atoms with Crippen molar-refractivity contribution in [3.8, 4) is 11.5 Å². The number of nitrogens with zero attached hydrogens (tertiary/aromatic N) is 2. The van der Waals surface area contributed by atoms with E-state index in [9.17, 15) is 4.79 Å². The van der Waals surface area contributed by atoms with Crippen LogP contribution in [-0.4, -0.2) is 55.2 Å². The second-order valence-electron chi connectivity index (χ2n) is 6.12. The minimum absolute atomic E-state index is 0.0472. The molecule has 128 valence electrons. The van der Waals surface area contributed by atoms with Crippen LogP contribution in [0.5, 0.6) is 0 Å². The van der Waals surface area contributed by atoms with Gasteiger partial charge in [0, 0.05) is 25.2 Å². The number of morpholine rings is 1. The zero-order chi connectivity index (χ0) is 16.9. The number of carbonyl (C=O) groups excluding carboxylic acids is 1. The topological polar surface area (TPSA) is 67.6 Å². The largest absolute Gasteiger partial charge is 0.441 e. The van der Waals surface area contributed by atoms with Crippen LogP contribution in [-0.2, 0) is 16.0 Å². The lowest BCUT2D eigenvalue weighted by Crippen LogP contribution is -2.46. The predicted octanol–water partition coefficient (Wildman–Crippen LogP) is 1.64. The summed E-state index contributed by atoms with van der Waals surface area (Å²) in [7, 11) is 2.06. The first kappa shape index (κ1) is 16.7. The van der Waals surface area contributed by atoms with Gasteiger partial charge in [0.15, 0.2) is 0 Å². The van der Waals surface area contributed by atoms with Crippen LogP contribution in [0.1, 0.15) is 11.5 Å². The van der Waals surface area contributed by atoms with Crippen LogP contribution in [0.2, 0.25) is 0 Å². The van der Waals surface area contributed by atoms with Gasteiger partial charge >= 0.3 is 0 Å². The van der Waals surface area contributed by atoms with Crippen LogP contribution in [0, 0.1) is 6.92 Å². The SMILES string of the molecule is Cc1oc(-c2ccccc2)nc1CC(=O)NCC1CN(C)CCO1. The van der Waals surface area contributed by atoms with Gasteiger partial charge in [0.1, 0.15) is 5.76 Å². The van der Waals surface area contributed by atoms with Gasteiger partial charge in [0.25, 0.3) is 0 Å². The summed E-state index contributed by atoms with van der Waals surface area (Å²) in [5, 5.41) is 2.93. The molecule has 0 saturated carbocycles. The molecule has 0 radical (unpaired) electrons. The van der Waals surface area contributed by atoms with E-state index in [1.807, 2.05) is 37.3 Å². The molecule has 1 saturated heterocycles. The van der Waals surface area contributed by atoms with Gasteiger partial charge in [-0.15, -0.1) is 0 Å². The number of oxazole rings is 1. The fourth-order valence-corrected chi connectivity index (χ4v) is 2.73. The van der Waals surface area contributed by atoms with Crippen molar-refractivity contribution >= 4 is 5.91 Å². The van der Waals surface area contributed by atoms with Crippen molar-refractivity contribution in [1.82, 2.24) is 15.2 Å². The zero-order valence-electron chi connectivity index (χ0n) is 14.1. The lowest BCUT2D eigenvalue weighted by Gasteiger charge is -2.30. The standard InChI is InChI=1S/C18H23N3O3/c1-13-16(20-18(24-13)14-6-4-3-5-7-14)10-17(22)19-11-15-12-21(2)8-9-23-15/h3-7,15H,8-12H2,1-2H3,(H,19,22). The van der Waals surface area contributed by atoms with E-state index in [1.54, 1.807) is 0 Å². The molecule has 1 aromatic heterocycles. The first-order valence-electron chi connectivity index (χ1n) is 8.20. The smallest absolute Gasteiger partial charge is 0.226 e. The number of benzene rings is 1. The molecule has 1 aromatic carbocycles. The molecular weight excluding hydrogens is 306 g/mol. The predicted molar refractivity (Wildman–Crippen MR) is 90.6 cm³/mol. The summed E-state index contributed by atoms with van der Waals surface area (Å²) < 4.78 is 11.3. The van der Waals surface area contributed by atoms with Gasteiger partial charge in [0.05, 0.1) is 24.8 Å². The van der Waals surface area contributed by atoms with Crippen molar-refractivity contribution < 1.29 is 13.9 Å². The van der Waals surface area contributed by atoms with Crippen LogP contribution in [0.15, 0.2) is 34.7 Å². The molecule has 3 rings (SSSR count). The highest BCUT2D eigenvalue weighted by atomic mass is 16.5. The van der Waals surface area contributed by atoms with Crippen molar-refractivity contribution in [1.29, 1.82) is 0 Å². The minimum Gasteiger partial charge on any atom is -0.441 e. The van der Waals surface area contributed by atoms with Crippen LogP contribution >= 0.6 is 0 Å². The fraction of sp³-hybridized carbons (Fsp3) is 0.444. The monoisotopic (exact) mass is 329 g/mol. The average Bonchev–Trinajstić information content (AvgIpc) is 2.95. The lowest BCUT2D eigenvalue weighted by molar-refractivity contribution is -0.121. The Kier molecular flexibility index (Phi) is 5.27. The van der Waals surface area contributed by atoms with E-state index in [4.69, 9.17) is 9.15 Å². The molecule has 1 fully saturated rings. The Bertz CT molecular complexity index is 684. The van der Waals surface area contributed by atoms with Crippen molar-refractivity contribution in [2.45, 2.75) is 19.4 Å². The van der Waals surface area contributed by atoms with Crippen molar-refractivity contribution in [2.75, 3.05) is 33.3 Å². The van der Waals surface area contributed by atoms with Gasteiger partial charge in [-0.3, -0.25) is 4.79 Å². The van der Waals surface area contributed by atoms with Gasteiger partial charge < -0.3 is 19.4 Å². The number of aryl methyl sites for hydroxylation is 1. The lowest BCUT2D eigenvalue weighted by atomic mass is 10.2. The average molecular weight is 329 g/mol. The second kappa shape index (κ2) is 7.59. The second-order valence-corrected chi connectivity index (χ2v) is 6.12. The Balaban J connectivity index is 1.56. The molecule has 1 amide bonds. The van der Waals surface area contributed by atoms with Crippen molar-refractivity contribution in [3.63, 3.8) is 0 Å². The molecule has 2 heterocycles. The third kappa shape index (κ3) is 4.21. The zero-order valence-corrected chi connectivity index (χ0v) is 14.1. The Morgan fingerprint density at radius 2 is 2.17 bits per heavy atom. The Labute approximate surface area is 141 Å². The molecule has 6 nitrogen and oxygen atoms in total. The number of likely N-dealkylation sites (N-methyl/N-ethyl adjacent to an activating group) is 1. The van der Waals surface area contributed by atoms with E-state index in [0.717, 1.165) is 18.7 Å². The third-order valence-corrected chi connectivity index (χ3v) is 4.11. The molecule has 6 heteroatoms. The molecule has 1 aliphatic heterocycles. The van der Waals surface area contributed by atoms with Crippen LogP contribution in [0.3, 0.4) is 0 Å². The number of nitrogens with one attached hydrogen (secondary N) is 1. The first-order chi connectivity index (χ1) is 11.6. The maximum absolute atomic E-state index is 12.2. The van der Waals surface area contributed by atoms with Gasteiger partial charge in [-0.2, -0.15) is 0 Å². The highest BCUT2D eigenvalue weighted by Crippen LogP contribution is 2.21. The van der Waals surface area contributed by atoms with E-state index in [0.29, 0.717) is 30.5 Å². The maximum atomic E-state index is 12.2. The number of ether oxygens (including phenoxy) is 1. The molecule has 1 atom stereocenters. The van der Waals surface area contributed by atoms with Gasteiger partial charge in [-0.1, -0.05) is 18.2 Å². The summed E-state index contributed by atoms with van der Waals surface area (Å²) in [5.41, 5.74) is 1.58. The van der Waals surface area contributed by atoms with Crippen LogP contribution in [0.4, 0.5) is 0 Å². The number of hydrogen-bond acceptors (Lipinski definition) is 5. The molecule has 1 N–H and O–H groups in total. The molecule has 0 spiro atoms. The summed E-state index contributed by atoms with van der Waals surface area (Å²) in [6.07, 6.45) is 0.260. The Morgan fingerprint density at radius 3 is 2.92 bits per heavy atom. The van der Waals surface area contributed by atoms with E-state index in [2.05, 4.69) is 22.2 Å². The van der Waals surface area contributed by atoms with E-state index < -0.39 is 0 Å². The van der Waals surface area contributed by atoms with Gasteiger partial charge in [-0.25, -0.2) is 4.98 Å². The van der Waals surface area contributed by atoms with E-state index in [1.165, 1.54) is 0 Å². The number of aromatic nitrogens is 1. The van der Waals surface area contributed by atoms with Gasteiger partial charge in [0.2, 0.25) is 11.8 Å². The summed E-state index contributed by atoms with van der Waals surface area (Å²) in [5.74, 6) is 1.16. The molecule has 0 bridgehead atoms. The maximum Gasteiger partial charge on any atom is 0.226 e. The first-order valence-corrected chi connectivity index (χ1v) is 8.20. The fourth-order valence-electron chi connectivity index (χ4n) is 2.73.